The fourth-order valence-electron chi connectivity index (χ4n) is 5.58. The third-order valence-electron chi connectivity index (χ3n) is 8.22. The van der Waals surface area contributed by atoms with Crippen LogP contribution in [0.25, 0.3) is 0 Å². The van der Waals surface area contributed by atoms with E-state index in [1.54, 1.807) is 7.11 Å². The summed E-state index contributed by atoms with van der Waals surface area (Å²) in [5.74, 6) is -1.99. The van der Waals surface area contributed by atoms with Crippen molar-refractivity contribution in [3.63, 3.8) is 0 Å². The number of rotatable bonds is 25. The molecule has 0 aliphatic carbocycles. The predicted molar refractivity (Wildman–Crippen MR) is 173 cm³/mol. The van der Waals surface area contributed by atoms with Gasteiger partial charge in [0.25, 0.3) is 0 Å². The van der Waals surface area contributed by atoms with Gasteiger partial charge in [-0.2, -0.15) is 0 Å². The largest absolute Gasteiger partial charge is 1.00 e. The molecule has 0 N–H and O–H groups in total. The van der Waals surface area contributed by atoms with Crippen molar-refractivity contribution in [1.29, 1.82) is 0 Å². The molecule has 5 heteroatoms. The van der Waals surface area contributed by atoms with Crippen LogP contribution in [0, 0.1) is 0 Å². The van der Waals surface area contributed by atoms with E-state index in [1.165, 1.54) is 145 Å². The third kappa shape index (κ3) is 21.5. The summed E-state index contributed by atoms with van der Waals surface area (Å²) in [6.45, 7) is 22.7. The molecular formula is C32H72BrClNOP. The summed E-state index contributed by atoms with van der Waals surface area (Å²) < 4.78 is 6.68. The summed E-state index contributed by atoms with van der Waals surface area (Å²) in [6, 6.07) is 0. The molecule has 0 fully saturated rings. The molecule has 0 heterocycles. The normalized spacial score (nSPS) is 12.8. The Morgan fingerprint density at radius 3 is 1.00 bits per heavy atom. The van der Waals surface area contributed by atoms with E-state index in [0.29, 0.717) is 0 Å². The molecule has 0 saturated heterocycles. The summed E-state index contributed by atoms with van der Waals surface area (Å²) >= 11 is 7.44. The zero-order chi connectivity index (χ0) is 27.6. The molecule has 230 valence electrons. The first-order chi connectivity index (χ1) is 17.3. The first-order valence-corrected chi connectivity index (χ1v) is 20.2. The average Bonchev–Trinajstić information content (AvgIpc) is 2.90. The van der Waals surface area contributed by atoms with Gasteiger partial charge in [-0.05, 0) is 25.7 Å². The molecule has 0 aliphatic rings. The molecule has 37 heavy (non-hydrogen) atoms. The van der Waals surface area contributed by atoms with Crippen LogP contribution < -0.4 is 17.0 Å². The molecule has 2 nitrogen and oxygen atoms in total. The van der Waals surface area contributed by atoms with Crippen molar-refractivity contribution in [1.82, 2.24) is 0 Å². The van der Waals surface area contributed by atoms with E-state index in [2.05, 4.69) is 48.5 Å². The van der Waals surface area contributed by atoms with Gasteiger partial charge in [0, 0.05) is 0 Å². The Morgan fingerprint density at radius 2 is 0.757 bits per heavy atom. The summed E-state index contributed by atoms with van der Waals surface area (Å²) in [4.78, 5) is 0. The Bertz CT molecular complexity index is 404. The van der Waals surface area contributed by atoms with Crippen LogP contribution in [0.3, 0.4) is 0 Å². The average molecular weight is 633 g/mol. The standard InChI is InChI=1S/C16H36ClOP.C16H36N.BrH/c1-5-8-13-19(17,14-9-6-2,15-10-7-3)16-11-12-18-4;1-5-9-13-17(14-10-6-2,15-11-7-3)16-12-8-4;/h5-16H2,1-4H3;5-16H2,1-4H3;1H/q;+1;/p-1. The van der Waals surface area contributed by atoms with E-state index < -0.39 is 5.96 Å². The minimum Gasteiger partial charge on any atom is -1.00 e. The molecule has 0 aliphatic heterocycles. The van der Waals surface area contributed by atoms with E-state index in [4.69, 9.17) is 16.0 Å². The molecule has 0 amide bonds. The Morgan fingerprint density at radius 1 is 0.486 bits per heavy atom. The van der Waals surface area contributed by atoms with Crippen LogP contribution in [0.2, 0.25) is 0 Å². The number of unbranched alkanes of at least 4 members (excludes halogenated alkanes) is 7. The van der Waals surface area contributed by atoms with Crippen LogP contribution in [-0.4, -0.2) is 69.0 Å². The molecule has 0 saturated carbocycles. The summed E-state index contributed by atoms with van der Waals surface area (Å²) in [6.07, 6.45) is 25.1. The van der Waals surface area contributed by atoms with Crippen molar-refractivity contribution in [2.75, 3.05) is 64.5 Å². The third-order valence-corrected chi connectivity index (χ3v) is 16.0. The number of ether oxygens (including phenoxy) is 1. The van der Waals surface area contributed by atoms with E-state index >= 15 is 0 Å². The SMILES string of the molecule is CCCCP(Cl)(CCCC)(CCCC)CCCOC.CCCC[N+](CCCC)(CCCC)CCCC.[Br-]. The summed E-state index contributed by atoms with van der Waals surface area (Å²) in [7, 11) is 1.80. The Labute approximate surface area is 251 Å². The van der Waals surface area contributed by atoms with Gasteiger partial charge in [-0.15, -0.1) is 0 Å². The van der Waals surface area contributed by atoms with Crippen LogP contribution in [0.5, 0.6) is 0 Å². The van der Waals surface area contributed by atoms with E-state index in [-0.39, 0.29) is 17.0 Å². The zero-order valence-corrected chi connectivity index (χ0v) is 30.3. The quantitative estimate of drug-likeness (QED) is 0.0561. The maximum atomic E-state index is 7.44. The molecular weight excluding hydrogens is 561 g/mol. The fourth-order valence-corrected chi connectivity index (χ4v) is 12.6. The predicted octanol–water partition coefficient (Wildman–Crippen LogP) is 8.14. The number of hydrogen-bond donors (Lipinski definition) is 0. The number of quaternary nitrogens is 1. The first-order valence-electron chi connectivity index (χ1n) is 16.3. The summed E-state index contributed by atoms with van der Waals surface area (Å²) in [5.41, 5.74) is 0. The number of nitrogens with zero attached hydrogens (tertiary/aromatic N) is 1. The monoisotopic (exact) mass is 631 g/mol. The maximum Gasteiger partial charge on any atom is 0.0786 e. The number of methoxy groups -OCH3 is 1. The minimum absolute atomic E-state index is 0. The first kappa shape index (κ1) is 42.6. The second-order valence-electron chi connectivity index (χ2n) is 11.8. The van der Waals surface area contributed by atoms with Crippen LogP contribution in [0.1, 0.15) is 145 Å². The van der Waals surface area contributed by atoms with Gasteiger partial charge in [0.1, 0.15) is 0 Å². The molecule has 0 radical (unpaired) electrons. The fraction of sp³-hybridized carbons (Fsp3) is 1.00. The second-order valence-corrected chi connectivity index (χ2v) is 20.1. The van der Waals surface area contributed by atoms with Gasteiger partial charge >= 0.3 is 126 Å². The Balaban J connectivity index is -0.000000612. The van der Waals surface area contributed by atoms with Gasteiger partial charge in [0.2, 0.25) is 0 Å². The van der Waals surface area contributed by atoms with Crippen molar-refractivity contribution in [2.24, 2.45) is 0 Å². The van der Waals surface area contributed by atoms with Gasteiger partial charge in [0.15, 0.2) is 0 Å². The minimum atomic E-state index is -1.99. The van der Waals surface area contributed by atoms with Crippen molar-refractivity contribution in [3.05, 3.63) is 0 Å². The van der Waals surface area contributed by atoms with Crippen molar-refractivity contribution >= 4 is 17.2 Å². The van der Waals surface area contributed by atoms with Crippen LogP contribution in [-0.2, 0) is 4.74 Å². The van der Waals surface area contributed by atoms with Gasteiger partial charge < -0.3 is 21.5 Å². The molecule has 0 aromatic heterocycles. The molecule has 0 rings (SSSR count). The van der Waals surface area contributed by atoms with Gasteiger partial charge in [-0.3, -0.25) is 0 Å². The molecule has 0 bridgehead atoms. The van der Waals surface area contributed by atoms with Crippen molar-refractivity contribution in [3.8, 4) is 0 Å². The summed E-state index contributed by atoms with van der Waals surface area (Å²) in [5, 5.41) is 0. The topological polar surface area (TPSA) is 9.23 Å². The number of halogens is 2. The molecule has 0 atom stereocenters. The smallest absolute Gasteiger partial charge is 0.0786 e. The molecule has 0 aromatic carbocycles. The van der Waals surface area contributed by atoms with Gasteiger partial charge in [-0.1, -0.05) is 53.4 Å². The van der Waals surface area contributed by atoms with E-state index in [9.17, 15) is 0 Å². The van der Waals surface area contributed by atoms with Crippen molar-refractivity contribution in [2.45, 2.75) is 145 Å². The maximum absolute atomic E-state index is 7.44. The Hall–Kier alpha value is 1.12. The van der Waals surface area contributed by atoms with Gasteiger partial charge in [0.05, 0.1) is 26.2 Å². The second kappa shape index (κ2) is 27.3. The van der Waals surface area contributed by atoms with Crippen LogP contribution in [0.4, 0.5) is 0 Å². The Kier molecular flexibility index (Phi) is 31.4. The van der Waals surface area contributed by atoms with Crippen molar-refractivity contribution < 1.29 is 26.2 Å². The van der Waals surface area contributed by atoms with E-state index in [0.717, 1.165) is 13.0 Å². The van der Waals surface area contributed by atoms with E-state index in [1.807, 2.05) is 0 Å². The molecule has 0 spiro atoms. The van der Waals surface area contributed by atoms with Gasteiger partial charge in [-0.25, -0.2) is 0 Å². The molecule has 0 aromatic rings. The van der Waals surface area contributed by atoms with Crippen LogP contribution in [0.15, 0.2) is 0 Å². The number of hydrogen-bond acceptors (Lipinski definition) is 1. The zero-order valence-electron chi connectivity index (χ0n) is 27.0. The van der Waals surface area contributed by atoms with Crippen LogP contribution >= 0.6 is 17.2 Å². The molecule has 0 unspecified atom stereocenters.